The summed E-state index contributed by atoms with van der Waals surface area (Å²) in [6, 6.07) is 16.7. The van der Waals surface area contributed by atoms with E-state index in [4.69, 9.17) is 14.4 Å². The molecule has 43 heavy (non-hydrogen) atoms. The summed E-state index contributed by atoms with van der Waals surface area (Å²) in [6.07, 6.45) is 4.61. The Kier molecular flexibility index (Phi) is 7.28. The van der Waals surface area contributed by atoms with Crippen LogP contribution in [0.15, 0.2) is 83.7 Å². The molecule has 0 aliphatic carbocycles. The van der Waals surface area contributed by atoms with Crippen LogP contribution < -0.4 is 4.74 Å². The number of rotatable bonds is 9. The van der Waals surface area contributed by atoms with Gasteiger partial charge in [-0.05, 0) is 54.1 Å². The lowest BCUT2D eigenvalue weighted by molar-refractivity contribution is 0.0697. The first-order chi connectivity index (χ1) is 20.9. The summed E-state index contributed by atoms with van der Waals surface area (Å²) in [5, 5.41) is 18.4. The standard InChI is InChI=1S/C31H20F2N6O4/c32-23-12-19(15-34)1-3-21(23)17-43-31-36-8-7-25(38-31)22-5-2-18(11-24(22)33)13-28-37-26-6-4-20(30(40)41)14-27(26)39(28)16-29-35-9-10-42-29/h1-12,14H,13,16-17H2,(H,40,41). The fraction of sp³-hybridized carbons (Fsp3) is 0.0968. The number of hydrogen-bond donors (Lipinski definition) is 1. The minimum atomic E-state index is -1.07. The molecule has 212 valence electrons. The minimum absolute atomic E-state index is 0.0641. The molecule has 0 unspecified atom stereocenters. The van der Waals surface area contributed by atoms with Crippen molar-refractivity contribution in [3.05, 3.63) is 125 Å². The SMILES string of the molecule is N#Cc1ccc(COc2nccc(-c3ccc(Cc4nc5ccc(C(=O)O)cc5n4Cc4ncco4)cc3F)n2)c(F)c1. The summed E-state index contributed by atoms with van der Waals surface area (Å²) in [4.78, 5) is 28.7. The second kappa shape index (κ2) is 11.5. The normalized spacial score (nSPS) is 11.0. The van der Waals surface area contributed by atoms with Crippen molar-refractivity contribution in [2.45, 2.75) is 19.6 Å². The van der Waals surface area contributed by atoms with E-state index in [1.165, 1.54) is 55.1 Å². The number of nitrogens with zero attached hydrogens (tertiary/aromatic N) is 6. The molecular formula is C31H20F2N6O4. The zero-order valence-corrected chi connectivity index (χ0v) is 22.2. The lowest BCUT2D eigenvalue weighted by atomic mass is 10.1. The minimum Gasteiger partial charge on any atom is -0.478 e. The van der Waals surface area contributed by atoms with Gasteiger partial charge >= 0.3 is 12.0 Å². The summed E-state index contributed by atoms with van der Waals surface area (Å²) in [6.45, 7) is 0.0312. The molecule has 3 aromatic heterocycles. The van der Waals surface area contributed by atoms with E-state index in [-0.39, 0.29) is 53.5 Å². The molecule has 0 fully saturated rings. The van der Waals surface area contributed by atoms with Crippen molar-refractivity contribution in [2.24, 2.45) is 0 Å². The van der Waals surface area contributed by atoms with Crippen LogP contribution >= 0.6 is 0 Å². The van der Waals surface area contributed by atoms with Gasteiger partial charge in [-0.25, -0.2) is 28.5 Å². The molecule has 6 aromatic rings. The van der Waals surface area contributed by atoms with Gasteiger partial charge in [0, 0.05) is 23.7 Å². The Morgan fingerprint density at radius 1 is 1.00 bits per heavy atom. The number of carboxylic acid groups (broad SMARTS) is 1. The fourth-order valence-corrected chi connectivity index (χ4v) is 4.58. The lowest BCUT2D eigenvalue weighted by Gasteiger charge is -2.10. The van der Waals surface area contributed by atoms with Gasteiger partial charge in [0.2, 0.25) is 5.89 Å². The van der Waals surface area contributed by atoms with Gasteiger partial charge in [-0.1, -0.05) is 12.1 Å². The number of benzene rings is 3. The first kappa shape index (κ1) is 27.2. The maximum absolute atomic E-state index is 15.4. The van der Waals surface area contributed by atoms with Gasteiger partial charge in [0.05, 0.1) is 40.1 Å². The molecule has 0 atom stereocenters. The van der Waals surface area contributed by atoms with Crippen LogP contribution in [0.4, 0.5) is 8.78 Å². The predicted octanol–water partition coefficient (Wildman–Crippen LogP) is 5.55. The molecule has 3 aromatic carbocycles. The van der Waals surface area contributed by atoms with Crippen molar-refractivity contribution in [3.8, 4) is 23.3 Å². The molecule has 12 heteroatoms. The van der Waals surface area contributed by atoms with Crippen LogP contribution in [0, 0.1) is 23.0 Å². The number of halogens is 2. The Bertz CT molecular complexity index is 2020. The van der Waals surface area contributed by atoms with Crippen LogP contribution in [0.5, 0.6) is 6.01 Å². The maximum atomic E-state index is 15.4. The zero-order valence-electron chi connectivity index (χ0n) is 22.2. The predicted molar refractivity (Wildman–Crippen MR) is 148 cm³/mol. The van der Waals surface area contributed by atoms with E-state index >= 15 is 4.39 Å². The molecule has 3 heterocycles. The number of carbonyl (C=O) groups is 1. The molecular weight excluding hydrogens is 558 g/mol. The van der Waals surface area contributed by atoms with Crippen molar-refractivity contribution in [1.82, 2.24) is 24.5 Å². The topological polar surface area (TPSA) is 140 Å². The molecule has 0 aliphatic rings. The highest BCUT2D eigenvalue weighted by molar-refractivity contribution is 5.92. The summed E-state index contributed by atoms with van der Waals surface area (Å²) in [5.41, 5.74) is 2.78. The van der Waals surface area contributed by atoms with Crippen molar-refractivity contribution < 1.29 is 27.8 Å². The second-order valence-electron chi connectivity index (χ2n) is 9.47. The van der Waals surface area contributed by atoms with E-state index in [0.717, 1.165) is 6.07 Å². The maximum Gasteiger partial charge on any atom is 0.335 e. The molecule has 0 saturated heterocycles. The molecule has 0 saturated carbocycles. The Balaban J connectivity index is 1.25. The van der Waals surface area contributed by atoms with Gasteiger partial charge in [0.1, 0.15) is 36.9 Å². The van der Waals surface area contributed by atoms with Crippen LogP contribution in [-0.4, -0.2) is 35.6 Å². The Morgan fingerprint density at radius 2 is 1.88 bits per heavy atom. The highest BCUT2D eigenvalue weighted by atomic mass is 19.1. The third-order valence-corrected chi connectivity index (χ3v) is 6.70. The Labute approximate surface area is 242 Å². The number of aromatic nitrogens is 5. The smallest absolute Gasteiger partial charge is 0.335 e. The largest absolute Gasteiger partial charge is 0.478 e. The van der Waals surface area contributed by atoms with E-state index in [1.807, 2.05) is 6.07 Å². The molecule has 0 spiro atoms. The first-order valence-corrected chi connectivity index (χ1v) is 12.9. The number of oxazole rings is 1. The van der Waals surface area contributed by atoms with Gasteiger partial charge in [0.25, 0.3) is 0 Å². The van der Waals surface area contributed by atoms with E-state index in [2.05, 4.69) is 19.9 Å². The second-order valence-corrected chi connectivity index (χ2v) is 9.47. The average molecular weight is 579 g/mol. The molecule has 6 rings (SSSR count). The van der Waals surface area contributed by atoms with Gasteiger partial charge in [-0.3, -0.25) is 0 Å². The molecule has 0 amide bonds. The lowest BCUT2D eigenvalue weighted by Crippen LogP contribution is -2.07. The number of aromatic carboxylic acids is 1. The van der Waals surface area contributed by atoms with Gasteiger partial charge in [-0.2, -0.15) is 10.2 Å². The molecule has 0 aliphatic heterocycles. The van der Waals surface area contributed by atoms with Crippen molar-refractivity contribution in [3.63, 3.8) is 0 Å². The summed E-state index contributed by atoms with van der Waals surface area (Å²) < 4.78 is 42.3. The van der Waals surface area contributed by atoms with Crippen molar-refractivity contribution in [1.29, 1.82) is 5.26 Å². The number of fused-ring (bicyclic) bond motifs is 1. The van der Waals surface area contributed by atoms with Gasteiger partial charge < -0.3 is 18.8 Å². The number of imidazole rings is 1. The number of nitriles is 1. The number of ether oxygens (including phenoxy) is 1. The molecule has 10 nitrogen and oxygen atoms in total. The van der Waals surface area contributed by atoms with E-state index in [1.54, 1.807) is 22.8 Å². The zero-order chi connectivity index (χ0) is 29.9. The van der Waals surface area contributed by atoms with Crippen LogP contribution in [0.25, 0.3) is 22.3 Å². The van der Waals surface area contributed by atoms with Gasteiger partial charge in [0.15, 0.2) is 0 Å². The highest BCUT2D eigenvalue weighted by Gasteiger charge is 2.17. The van der Waals surface area contributed by atoms with Crippen LogP contribution in [0.1, 0.15) is 38.8 Å². The first-order valence-electron chi connectivity index (χ1n) is 12.9. The molecule has 0 bridgehead atoms. The molecule has 0 radical (unpaired) electrons. The number of carboxylic acids is 1. The van der Waals surface area contributed by atoms with Crippen LogP contribution in [0.2, 0.25) is 0 Å². The highest BCUT2D eigenvalue weighted by Crippen LogP contribution is 2.26. The monoisotopic (exact) mass is 578 g/mol. The Hall–Kier alpha value is -5.96. The quantitative estimate of drug-likeness (QED) is 0.234. The van der Waals surface area contributed by atoms with Crippen LogP contribution in [-0.2, 0) is 19.6 Å². The van der Waals surface area contributed by atoms with E-state index in [9.17, 15) is 14.3 Å². The Morgan fingerprint density at radius 3 is 2.63 bits per heavy atom. The fourth-order valence-electron chi connectivity index (χ4n) is 4.58. The average Bonchev–Trinajstić information content (AvgIpc) is 3.64. The third kappa shape index (κ3) is 5.77. The van der Waals surface area contributed by atoms with Crippen molar-refractivity contribution in [2.75, 3.05) is 0 Å². The number of hydrogen-bond acceptors (Lipinski definition) is 8. The third-order valence-electron chi connectivity index (χ3n) is 6.70. The van der Waals surface area contributed by atoms with Gasteiger partial charge in [-0.15, -0.1) is 0 Å². The van der Waals surface area contributed by atoms with E-state index in [0.29, 0.717) is 28.3 Å². The summed E-state index contributed by atoms with van der Waals surface area (Å²) in [5.74, 6) is -1.22. The van der Waals surface area contributed by atoms with E-state index < -0.39 is 17.6 Å². The summed E-state index contributed by atoms with van der Waals surface area (Å²) in [7, 11) is 0. The molecule has 1 N–H and O–H groups in total. The van der Waals surface area contributed by atoms with Crippen molar-refractivity contribution >= 4 is 17.0 Å². The summed E-state index contributed by atoms with van der Waals surface area (Å²) >= 11 is 0. The van der Waals surface area contributed by atoms with Crippen LogP contribution in [0.3, 0.4) is 0 Å².